The molecule has 160 valence electrons. The summed E-state index contributed by atoms with van der Waals surface area (Å²) in [6.07, 6.45) is 3.41. The Hall–Kier alpha value is -2.49. The maximum absolute atomic E-state index is 11.8. The van der Waals surface area contributed by atoms with E-state index in [-0.39, 0.29) is 38.1 Å². The highest BCUT2D eigenvalue weighted by Crippen LogP contribution is 2.05. The summed E-state index contributed by atoms with van der Waals surface area (Å²) in [6, 6.07) is -1.20. The summed E-state index contributed by atoms with van der Waals surface area (Å²) in [4.78, 5) is 57.7. The number of hydrogen-bond donors (Lipinski definition) is 5. The smallest absolute Gasteiger partial charge is 0.326 e. The van der Waals surface area contributed by atoms with E-state index in [2.05, 4.69) is 10.6 Å². The van der Waals surface area contributed by atoms with Gasteiger partial charge in [0.15, 0.2) is 5.78 Å². The van der Waals surface area contributed by atoms with Gasteiger partial charge in [0.2, 0.25) is 11.8 Å². The molecule has 0 aliphatic heterocycles. The number of carboxylic acid groups (broad SMARTS) is 2. The minimum Gasteiger partial charge on any atom is -0.481 e. The number of carbonyl (C=O) groups is 5. The van der Waals surface area contributed by atoms with Gasteiger partial charge in [-0.05, 0) is 25.8 Å². The number of aliphatic carboxylic acids is 2. The number of Topliss-reactive ketones (excluding diaryl/α,β-unsaturated/α-hetero) is 1. The number of amides is 2. The van der Waals surface area contributed by atoms with Gasteiger partial charge >= 0.3 is 11.9 Å². The van der Waals surface area contributed by atoms with Crippen LogP contribution in [-0.2, 0) is 24.0 Å². The van der Waals surface area contributed by atoms with Gasteiger partial charge in [-0.3, -0.25) is 19.2 Å². The third kappa shape index (κ3) is 11.3. The van der Waals surface area contributed by atoms with Gasteiger partial charge < -0.3 is 26.6 Å². The lowest BCUT2D eigenvalue weighted by atomic mass is 10.0. The molecule has 28 heavy (non-hydrogen) atoms. The van der Waals surface area contributed by atoms with Gasteiger partial charge in [0.05, 0.1) is 6.54 Å². The van der Waals surface area contributed by atoms with Gasteiger partial charge in [-0.25, -0.2) is 4.79 Å². The third-order valence-corrected chi connectivity index (χ3v) is 4.15. The standard InChI is InChI=1S/C18H31N3O7/c1-2-3-4-5-6-16(24)21-13(18(27)28)7-8-15(23)20-11-14(22)12(9-10-19)17(25)26/h12-13H,2-11,19H2,1H3,(H,20,23)(H,21,24)(H,25,26)(H,27,28)/t12?,13-/m1/s1. The Morgan fingerprint density at radius 2 is 1.57 bits per heavy atom. The second-order valence-corrected chi connectivity index (χ2v) is 6.52. The molecule has 0 bridgehead atoms. The SMILES string of the molecule is CCCCCCC(=O)N[C@H](CCC(=O)NCC(=O)C(CCN)C(=O)O)C(=O)O. The number of rotatable bonds is 16. The largest absolute Gasteiger partial charge is 0.481 e. The lowest BCUT2D eigenvalue weighted by Crippen LogP contribution is -2.42. The Morgan fingerprint density at radius 1 is 0.893 bits per heavy atom. The van der Waals surface area contributed by atoms with Crippen LogP contribution in [0.2, 0.25) is 0 Å². The summed E-state index contributed by atoms with van der Waals surface area (Å²) in [5.41, 5.74) is 5.26. The van der Waals surface area contributed by atoms with E-state index in [0.717, 1.165) is 19.3 Å². The van der Waals surface area contributed by atoms with Gasteiger partial charge in [0.25, 0.3) is 0 Å². The molecule has 0 saturated carbocycles. The van der Waals surface area contributed by atoms with Crippen molar-refractivity contribution in [3.8, 4) is 0 Å². The van der Waals surface area contributed by atoms with Crippen LogP contribution in [0, 0.1) is 5.92 Å². The molecular weight excluding hydrogens is 370 g/mol. The molecule has 2 amide bonds. The van der Waals surface area contributed by atoms with Crippen molar-refractivity contribution in [1.29, 1.82) is 0 Å². The molecule has 0 radical (unpaired) electrons. The number of carbonyl (C=O) groups excluding carboxylic acids is 3. The summed E-state index contributed by atoms with van der Waals surface area (Å²) in [7, 11) is 0. The monoisotopic (exact) mass is 401 g/mol. The fourth-order valence-electron chi connectivity index (χ4n) is 2.50. The van der Waals surface area contributed by atoms with Gasteiger partial charge in [-0.1, -0.05) is 26.2 Å². The molecule has 0 aliphatic carbocycles. The number of ketones is 1. The maximum Gasteiger partial charge on any atom is 0.326 e. The average molecular weight is 401 g/mol. The Balaban J connectivity index is 4.35. The minimum absolute atomic E-state index is 0.0229. The predicted molar refractivity (Wildman–Crippen MR) is 100 cm³/mol. The maximum atomic E-state index is 11.8. The van der Waals surface area contributed by atoms with Crippen LogP contribution in [0.25, 0.3) is 0 Å². The Bertz CT molecular complexity index is 551. The Kier molecular flexibility index (Phi) is 13.3. The van der Waals surface area contributed by atoms with Crippen molar-refractivity contribution in [3.05, 3.63) is 0 Å². The first-order valence-corrected chi connectivity index (χ1v) is 9.47. The van der Waals surface area contributed by atoms with Crippen molar-refractivity contribution >= 4 is 29.5 Å². The van der Waals surface area contributed by atoms with Crippen LogP contribution in [0.1, 0.15) is 58.3 Å². The Morgan fingerprint density at radius 3 is 2.11 bits per heavy atom. The molecular formula is C18H31N3O7. The zero-order chi connectivity index (χ0) is 21.5. The van der Waals surface area contributed by atoms with Crippen LogP contribution < -0.4 is 16.4 Å². The molecule has 0 aromatic carbocycles. The molecule has 2 atom stereocenters. The molecule has 10 heteroatoms. The normalized spacial score (nSPS) is 12.6. The number of unbranched alkanes of at least 4 members (excludes halogenated alkanes) is 3. The van der Waals surface area contributed by atoms with Crippen LogP contribution in [-0.4, -0.2) is 58.9 Å². The van der Waals surface area contributed by atoms with Crippen molar-refractivity contribution in [3.63, 3.8) is 0 Å². The van der Waals surface area contributed by atoms with E-state index >= 15 is 0 Å². The molecule has 1 unspecified atom stereocenters. The fraction of sp³-hybridized carbons (Fsp3) is 0.722. The van der Waals surface area contributed by atoms with Crippen molar-refractivity contribution in [2.75, 3.05) is 13.1 Å². The molecule has 0 spiro atoms. The van der Waals surface area contributed by atoms with Crippen molar-refractivity contribution in [2.45, 2.75) is 64.3 Å². The van der Waals surface area contributed by atoms with Crippen LogP contribution >= 0.6 is 0 Å². The highest BCUT2D eigenvalue weighted by Gasteiger charge is 2.26. The van der Waals surface area contributed by atoms with E-state index in [0.29, 0.717) is 6.42 Å². The molecule has 10 nitrogen and oxygen atoms in total. The third-order valence-electron chi connectivity index (χ3n) is 4.15. The summed E-state index contributed by atoms with van der Waals surface area (Å²) >= 11 is 0. The summed E-state index contributed by atoms with van der Waals surface area (Å²) < 4.78 is 0. The van der Waals surface area contributed by atoms with Crippen molar-refractivity contribution in [2.24, 2.45) is 11.7 Å². The second kappa shape index (κ2) is 14.6. The van der Waals surface area contributed by atoms with Crippen LogP contribution in [0.15, 0.2) is 0 Å². The van der Waals surface area contributed by atoms with E-state index in [1.54, 1.807) is 0 Å². The summed E-state index contributed by atoms with van der Waals surface area (Å²) in [5.74, 6) is -5.51. The molecule has 0 aromatic rings. The fourth-order valence-corrected chi connectivity index (χ4v) is 2.50. The van der Waals surface area contributed by atoms with Crippen LogP contribution in [0.4, 0.5) is 0 Å². The first-order chi connectivity index (χ1) is 13.2. The van der Waals surface area contributed by atoms with Gasteiger partial charge in [0, 0.05) is 12.8 Å². The first kappa shape index (κ1) is 25.5. The molecule has 0 heterocycles. The van der Waals surface area contributed by atoms with Crippen molar-refractivity contribution < 1.29 is 34.2 Å². The summed E-state index contributed by atoms with van der Waals surface area (Å²) in [6.45, 7) is 1.59. The number of nitrogens with one attached hydrogen (secondary N) is 2. The lowest BCUT2D eigenvalue weighted by Gasteiger charge is -2.15. The second-order valence-electron chi connectivity index (χ2n) is 6.52. The molecule has 0 saturated heterocycles. The van der Waals surface area contributed by atoms with E-state index in [4.69, 9.17) is 10.8 Å². The zero-order valence-corrected chi connectivity index (χ0v) is 16.2. The van der Waals surface area contributed by atoms with Gasteiger partial charge in [-0.2, -0.15) is 0 Å². The summed E-state index contributed by atoms with van der Waals surface area (Å²) in [5, 5.41) is 22.8. The first-order valence-electron chi connectivity index (χ1n) is 9.47. The lowest BCUT2D eigenvalue weighted by molar-refractivity contribution is -0.147. The molecule has 0 aromatic heterocycles. The van der Waals surface area contributed by atoms with E-state index < -0.39 is 42.1 Å². The van der Waals surface area contributed by atoms with E-state index in [1.165, 1.54) is 0 Å². The van der Waals surface area contributed by atoms with E-state index in [9.17, 15) is 29.1 Å². The molecule has 0 rings (SSSR count). The molecule has 6 N–H and O–H groups in total. The topological polar surface area (TPSA) is 176 Å². The number of nitrogens with two attached hydrogens (primary N) is 1. The number of hydrogen-bond acceptors (Lipinski definition) is 6. The van der Waals surface area contributed by atoms with Crippen LogP contribution in [0.3, 0.4) is 0 Å². The predicted octanol–water partition coefficient (Wildman–Crippen LogP) is 0.0413. The molecule has 0 fully saturated rings. The highest BCUT2D eigenvalue weighted by atomic mass is 16.4. The zero-order valence-electron chi connectivity index (χ0n) is 16.2. The Labute approximate surface area is 164 Å². The van der Waals surface area contributed by atoms with E-state index in [1.807, 2.05) is 6.92 Å². The van der Waals surface area contributed by atoms with Gasteiger partial charge in [0.1, 0.15) is 12.0 Å². The van der Waals surface area contributed by atoms with Gasteiger partial charge in [-0.15, -0.1) is 0 Å². The average Bonchev–Trinajstić information content (AvgIpc) is 2.64. The molecule has 0 aliphatic rings. The van der Waals surface area contributed by atoms with Crippen molar-refractivity contribution in [1.82, 2.24) is 10.6 Å². The minimum atomic E-state index is -1.31. The highest BCUT2D eigenvalue weighted by molar-refractivity contribution is 6.00. The van der Waals surface area contributed by atoms with Crippen LogP contribution in [0.5, 0.6) is 0 Å². The quantitative estimate of drug-likeness (QED) is 0.178. The number of carboxylic acids is 2.